The molecule has 2 aromatic rings. The van der Waals surface area contributed by atoms with E-state index in [1.807, 2.05) is 12.1 Å². The van der Waals surface area contributed by atoms with Crippen molar-refractivity contribution in [1.82, 2.24) is 0 Å². The first kappa shape index (κ1) is 12.2. The molecule has 2 heterocycles. The van der Waals surface area contributed by atoms with Crippen LogP contribution in [0.4, 0.5) is 0 Å². The van der Waals surface area contributed by atoms with Crippen molar-refractivity contribution in [2.75, 3.05) is 0 Å². The number of aliphatic imine (C=N–C) groups is 2. The fourth-order valence-electron chi connectivity index (χ4n) is 2.26. The summed E-state index contributed by atoms with van der Waals surface area (Å²) < 4.78 is 0. The number of thioether (sulfide) groups is 2. The predicted molar refractivity (Wildman–Crippen MR) is 88.7 cm³/mol. The number of hydrogen-bond acceptors (Lipinski definition) is 4. The van der Waals surface area contributed by atoms with Crippen molar-refractivity contribution in [2.24, 2.45) is 9.98 Å². The van der Waals surface area contributed by atoms with Crippen molar-refractivity contribution < 1.29 is 0 Å². The Morgan fingerprint density at radius 2 is 1.00 bits per heavy atom. The van der Waals surface area contributed by atoms with Crippen LogP contribution >= 0.6 is 23.5 Å². The van der Waals surface area contributed by atoms with Gasteiger partial charge in [0.15, 0.2) is 0 Å². The molecule has 4 heteroatoms. The Kier molecular flexibility index (Phi) is 3.13. The van der Waals surface area contributed by atoms with E-state index < -0.39 is 0 Å². The van der Waals surface area contributed by atoms with E-state index in [1.165, 1.54) is 11.1 Å². The topological polar surface area (TPSA) is 24.7 Å². The first-order chi connectivity index (χ1) is 9.90. The van der Waals surface area contributed by atoms with Gasteiger partial charge in [0.1, 0.15) is 20.8 Å². The van der Waals surface area contributed by atoms with Crippen LogP contribution in [0, 0.1) is 0 Å². The molecule has 98 valence electrons. The molecule has 0 radical (unpaired) electrons. The second-order valence-electron chi connectivity index (χ2n) is 4.62. The molecular formula is C16H12N2S2. The molecule has 2 aromatic carbocycles. The summed E-state index contributed by atoms with van der Waals surface area (Å²) in [6.07, 6.45) is 0. The summed E-state index contributed by atoms with van der Waals surface area (Å²) >= 11 is 3.55. The lowest BCUT2D eigenvalue weighted by atomic mass is 10.2. The quantitative estimate of drug-likeness (QED) is 0.836. The van der Waals surface area contributed by atoms with E-state index in [2.05, 4.69) is 48.5 Å². The molecule has 0 saturated carbocycles. The maximum absolute atomic E-state index is 4.82. The summed E-state index contributed by atoms with van der Waals surface area (Å²) in [6, 6.07) is 20.7. The lowest BCUT2D eigenvalue weighted by Crippen LogP contribution is -2.03. The Bertz CT molecular complexity index is 619. The molecule has 0 saturated heterocycles. The van der Waals surface area contributed by atoms with Crippen LogP contribution in [0.15, 0.2) is 70.6 Å². The Balaban J connectivity index is 1.56. The fourth-order valence-corrected chi connectivity index (χ4v) is 4.75. The van der Waals surface area contributed by atoms with E-state index >= 15 is 0 Å². The van der Waals surface area contributed by atoms with Gasteiger partial charge >= 0.3 is 0 Å². The van der Waals surface area contributed by atoms with E-state index in [9.17, 15) is 0 Å². The molecule has 0 bridgehead atoms. The molecular weight excluding hydrogens is 284 g/mol. The van der Waals surface area contributed by atoms with Crippen LogP contribution in [0.3, 0.4) is 0 Å². The monoisotopic (exact) mass is 296 g/mol. The third-order valence-corrected chi connectivity index (χ3v) is 5.75. The number of rotatable bonds is 2. The van der Waals surface area contributed by atoms with E-state index in [-0.39, 0.29) is 10.7 Å². The van der Waals surface area contributed by atoms with Gasteiger partial charge in [-0.1, -0.05) is 84.2 Å². The smallest absolute Gasteiger partial charge is 0.134 e. The van der Waals surface area contributed by atoms with Crippen LogP contribution in [-0.4, -0.2) is 20.8 Å². The zero-order valence-electron chi connectivity index (χ0n) is 10.6. The summed E-state index contributed by atoms with van der Waals surface area (Å²) in [5.74, 6) is 0. The maximum Gasteiger partial charge on any atom is 0.134 e. The Morgan fingerprint density at radius 1 is 0.600 bits per heavy atom. The molecule has 0 amide bonds. The Hall–Kier alpha value is -1.52. The number of hydrogen-bond donors (Lipinski definition) is 0. The molecule has 0 aromatic heterocycles. The van der Waals surface area contributed by atoms with Gasteiger partial charge in [-0.15, -0.1) is 0 Å². The highest BCUT2D eigenvalue weighted by atomic mass is 32.2. The number of nitrogens with zero attached hydrogens (tertiary/aromatic N) is 2. The van der Waals surface area contributed by atoms with Crippen LogP contribution in [0.5, 0.6) is 0 Å². The van der Waals surface area contributed by atoms with Gasteiger partial charge in [-0.25, -0.2) is 0 Å². The van der Waals surface area contributed by atoms with Crippen molar-refractivity contribution in [1.29, 1.82) is 0 Å². The first-order valence-electron chi connectivity index (χ1n) is 6.50. The second kappa shape index (κ2) is 5.11. The Labute approximate surface area is 126 Å². The summed E-state index contributed by atoms with van der Waals surface area (Å²) in [5.41, 5.74) is 2.40. The SMILES string of the molecule is c1ccc(C2=NC3SC(c4ccccc4)=NC3S2)cc1. The van der Waals surface area contributed by atoms with Crippen LogP contribution in [0.1, 0.15) is 11.1 Å². The maximum atomic E-state index is 4.82. The number of fused-ring (bicyclic) bond motifs is 1. The van der Waals surface area contributed by atoms with Gasteiger partial charge in [0.25, 0.3) is 0 Å². The highest BCUT2D eigenvalue weighted by Crippen LogP contribution is 2.43. The molecule has 0 N–H and O–H groups in total. The van der Waals surface area contributed by atoms with E-state index in [0.717, 1.165) is 10.1 Å². The molecule has 2 atom stereocenters. The fraction of sp³-hybridized carbons (Fsp3) is 0.125. The summed E-state index contributed by atoms with van der Waals surface area (Å²) in [4.78, 5) is 9.65. The van der Waals surface area contributed by atoms with Crippen LogP contribution in [-0.2, 0) is 0 Å². The van der Waals surface area contributed by atoms with Crippen LogP contribution in [0.2, 0.25) is 0 Å². The lowest BCUT2D eigenvalue weighted by Gasteiger charge is -2.02. The van der Waals surface area contributed by atoms with Gasteiger partial charge in [0.2, 0.25) is 0 Å². The highest BCUT2D eigenvalue weighted by molar-refractivity contribution is 8.20. The summed E-state index contributed by atoms with van der Waals surface area (Å²) in [5, 5.41) is 2.68. The molecule has 2 aliphatic heterocycles. The van der Waals surface area contributed by atoms with Gasteiger partial charge < -0.3 is 0 Å². The van der Waals surface area contributed by atoms with Crippen LogP contribution < -0.4 is 0 Å². The van der Waals surface area contributed by atoms with E-state index in [4.69, 9.17) is 9.98 Å². The normalized spacial score (nSPS) is 24.2. The summed E-state index contributed by atoms with van der Waals surface area (Å²) in [7, 11) is 0. The number of benzene rings is 2. The third kappa shape index (κ3) is 2.19. The summed E-state index contributed by atoms with van der Waals surface area (Å²) in [6.45, 7) is 0. The molecule has 2 unspecified atom stereocenters. The third-order valence-electron chi connectivity index (χ3n) is 3.24. The molecule has 2 nitrogen and oxygen atoms in total. The average Bonchev–Trinajstić information content (AvgIpc) is 3.08. The van der Waals surface area contributed by atoms with Crippen LogP contribution in [0.25, 0.3) is 0 Å². The lowest BCUT2D eigenvalue weighted by molar-refractivity contribution is 0.898. The molecule has 0 aliphatic carbocycles. The minimum absolute atomic E-state index is 0.227. The highest BCUT2D eigenvalue weighted by Gasteiger charge is 2.37. The predicted octanol–water partition coefficient (Wildman–Crippen LogP) is 4.03. The molecule has 4 rings (SSSR count). The minimum Gasteiger partial charge on any atom is -0.260 e. The van der Waals surface area contributed by atoms with Crippen molar-refractivity contribution >= 4 is 33.6 Å². The Morgan fingerprint density at radius 3 is 1.40 bits per heavy atom. The molecule has 2 aliphatic rings. The van der Waals surface area contributed by atoms with Gasteiger partial charge in [-0.2, -0.15) is 0 Å². The largest absolute Gasteiger partial charge is 0.260 e. The van der Waals surface area contributed by atoms with E-state index in [0.29, 0.717) is 0 Å². The van der Waals surface area contributed by atoms with Crippen molar-refractivity contribution in [3.05, 3.63) is 71.8 Å². The first-order valence-corrected chi connectivity index (χ1v) is 8.26. The van der Waals surface area contributed by atoms with Crippen molar-refractivity contribution in [3.63, 3.8) is 0 Å². The average molecular weight is 296 g/mol. The standard InChI is InChI=1S/C16H12N2S2/c1-3-7-11(8-4-1)13-17-15-16(19-13)18-14(20-15)12-9-5-2-6-10-12/h1-10,15-16H. The van der Waals surface area contributed by atoms with Gasteiger partial charge in [0.05, 0.1) is 0 Å². The van der Waals surface area contributed by atoms with Gasteiger partial charge in [-0.3, -0.25) is 9.98 Å². The zero-order valence-corrected chi connectivity index (χ0v) is 12.3. The molecule has 0 fully saturated rings. The van der Waals surface area contributed by atoms with Gasteiger partial charge in [0, 0.05) is 11.1 Å². The van der Waals surface area contributed by atoms with E-state index in [1.54, 1.807) is 23.5 Å². The minimum atomic E-state index is 0.227. The van der Waals surface area contributed by atoms with Gasteiger partial charge in [-0.05, 0) is 0 Å². The second-order valence-corrected chi connectivity index (χ2v) is 6.83. The molecule has 20 heavy (non-hydrogen) atoms. The zero-order chi connectivity index (χ0) is 13.4. The van der Waals surface area contributed by atoms with Crippen molar-refractivity contribution in [3.8, 4) is 0 Å². The van der Waals surface area contributed by atoms with Crippen molar-refractivity contribution in [2.45, 2.75) is 10.7 Å². The molecule has 0 spiro atoms.